The zero-order valence-corrected chi connectivity index (χ0v) is 7.65. The molecule has 0 saturated heterocycles. The molecule has 0 radical (unpaired) electrons. The molecular weight excluding hydrogens is 221 g/mol. The molecular formula is C7H4ClF3N2O. The average Bonchev–Trinajstić information content (AvgIpc) is 2.01. The Hall–Kier alpha value is -1.17. The summed E-state index contributed by atoms with van der Waals surface area (Å²) in [6.45, 7) is 1.16. The van der Waals surface area contributed by atoms with E-state index in [0.717, 1.165) is 13.1 Å². The maximum absolute atomic E-state index is 12.0. The van der Waals surface area contributed by atoms with E-state index >= 15 is 0 Å². The molecule has 0 N–H and O–H groups in total. The number of ketones is 1. The summed E-state index contributed by atoms with van der Waals surface area (Å²) in [5.41, 5.74) is -0.125. The Balaban J connectivity index is 3.20. The van der Waals surface area contributed by atoms with Crippen molar-refractivity contribution in [3.8, 4) is 0 Å². The predicted octanol–water partition coefficient (Wildman–Crippen LogP) is 2.35. The first-order chi connectivity index (χ1) is 6.32. The predicted molar refractivity (Wildman–Crippen MR) is 42.0 cm³/mol. The first-order valence-electron chi connectivity index (χ1n) is 3.43. The van der Waals surface area contributed by atoms with Gasteiger partial charge in [0, 0.05) is 6.20 Å². The minimum Gasteiger partial charge on any atom is -0.294 e. The van der Waals surface area contributed by atoms with Crippen molar-refractivity contribution in [2.75, 3.05) is 0 Å². The minimum absolute atomic E-state index is 0.125. The molecule has 0 unspecified atom stereocenters. The van der Waals surface area contributed by atoms with Crippen molar-refractivity contribution in [2.24, 2.45) is 0 Å². The molecule has 0 spiro atoms. The van der Waals surface area contributed by atoms with Gasteiger partial charge in [0.15, 0.2) is 5.78 Å². The SMILES string of the molecule is CC(=O)c1cnc(C(F)(F)F)nc1Cl. The van der Waals surface area contributed by atoms with Crippen LogP contribution in [0.15, 0.2) is 6.20 Å². The van der Waals surface area contributed by atoms with E-state index in [4.69, 9.17) is 11.6 Å². The van der Waals surface area contributed by atoms with Gasteiger partial charge in [0.05, 0.1) is 5.56 Å². The Labute approximate surface area is 81.9 Å². The quantitative estimate of drug-likeness (QED) is 0.543. The van der Waals surface area contributed by atoms with Gasteiger partial charge in [-0.05, 0) is 6.92 Å². The van der Waals surface area contributed by atoms with Gasteiger partial charge in [-0.1, -0.05) is 11.6 Å². The topological polar surface area (TPSA) is 42.9 Å². The van der Waals surface area contributed by atoms with Crippen molar-refractivity contribution < 1.29 is 18.0 Å². The minimum atomic E-state index is -4.65. The molecule has 14 heavy (non-hydrogen) atoms. The van der Waals surface area contributed by atoms with Crippen molar-refractivity contribution in [3.63, 3.8) is 0 Å². The summed E-state index contributed by atoms with van der Waals surface area (Å²) in [6, 6.07) is 0. The fourth-order valence-electron chi connectivity index (χ4n) is 0.734. The van der Waals surface area contributed by atoms with Crippen LogP contribution in [0.2, 0.25) is 5.15 Å². The lowest BCUT2D eigenvalue weighted by atomic mass is 10.2. The van der Waals surface area contributed by atoms with E-state index < -0.39 is 22.9 Å². The smallest absolute Gasteiger partial charge is 0.294 e. The molecule has 0 aromatic carbocycles. The number of nitrogens with zero attached hydrogens (tertiary/aromatic N) is 2. The zero-order chi connectivity index (χ0) is 10.9. The molecule has 0 aliphatic carbocycles. The molecule has 0 aliphatic rings. The highest BCUT2D eigenvalue weighted by Crippen LogP contribution is 2.27. The van der Waals surface area contributed by atoms with Crippen molar-refractivity contribution in [3.05, 3.63) is 22.7 Å². The van der Waals surface area contributed by atoms with E-state index in [2.05, 4.69) is 9.97 Å². The number of aromatic nitrogens is 2. The maximum Gasteiger partial charge on any atom is 0.451 e. The summed E-state index contributed by atoms with van der Waals surface area (Å²) in [7, 11) is 0. The highest BCUT2D eigenvalue weighted by atomic mass is 35.5. The third-order valence-electron chi connectivity index (χ3n) is 1.38. The molecule has 0 bridgehead atoms. The summed E-state index contributed by atoms with van der Waals surface area (Å²) >= 11 is 5.36. The molecule has 0 fully saturated rings. The van der Waals surface area contributed by atoms with E-state index in [0.29, 0.717) is 0 Å². The average molecular weight is 225 g/mol. The van der Waals surface area contributed by atoms with Crippen LogP contribution >= 0.6 is 11.6 Å². The highest BCUT2D eigenvalue weighted by molar-refractivity contribution is 6.32. The molecule has 7 heteroatoms. The first-order valence-corrected chi connectivity index (χ1v) is 3.81. The summed E-state index contributed by atoms with van der Waals surface area (Å²) in [5, 5.41) is -0.486. The van der Waals surface area contributed by atoms with Gasteiger partial charge in [-0.3, -0.25) is 4.79 Å². The molecule has 76 valence electrons. The fourth-order valence-corrected chi connectivity index (χ4v) is 0.996. The van der Waals surface area contributed by atoms with Crippen LogP contribution in [0.3, 0.4) is 0 Å². The second-order valence-electron chi connectivity index (χ2n) is 2.45. The Morgan fingerprint density at radius 1 is 1.50 bits per heavy atom. The lowest BCUT2D eigenvalue weighted by molar-refractivity contribution is -0.145. The van der Waals surface area contributed by atoms with Crippen LogP contribution in [0.4, 0.5) is 13.2 Å². The molecule has 1 aromatic heterocycles. The van der Waals surface area contributed by atoms with Crippen LogP contribution in [0.1, 0.15) is 23.1 Å². The third kappa shape index (κ3) is 2.20. The van der Waals surface area contributed by atoms with E-state index in [-0.39, 0.29) is 5.56 Å². The molecule has 1 rings (SSSR count). The number of alkyl halides is 3. The van der Waals surface area contributed by atoms with Gasteiger partial charge in [-0.15, -0.1) is 0 Å². The van der Waals surface area contributed by atoms with Crippen LogP contribution in [0.5, 0.6) is 0 Å². The standard InChI is InChI=1S/C7H4ClF3N2O/c1-3(14)4-2-12-6(7(9,10)11)13-5(4)8/h2H,1H3. The van der Waals surface area contributed by atoms with E-state index in [1.54, 1.807) is 0 Å². The Morgan fingerprint density at radius 2 is 2.07 bits per heavy atom. The summed E-state index contributed by atoms with van der Waals surface area (Å²) in [4.78, 5) is 16.7. The summed E-state index contributed by atoms with van der Waals surface area (Å²) in [5.74, 6) is -1.84. The summed E-state index contributed by atoms with van der Waals surface area (Å²) in [6.07, 6.45) is -3.89. The lowest BCUT2D eigenvalue weighted by Crippen LogP contribution is -2.12. The molecule has 1 aromatic rings. The fraction of sp³-hybridized carbons (Fsp3) is 0.286. The number of carbonyl (C=O) groups excluding carboxylic acids is 1. The lowest BCUT2D eigenvalue weighted by Gasteiger charge is -2.05. The molecule has 0 saturated carbocycles. The number of halogens is 4. The van der Waals surface area contributed by atoms with Gasteiger partial charge in [0.2, 0.25) is 5.82 Å². The zero-order valence-electron chi connectivity index (χ0n) is 6.89. The van der Waals surface area contributed by atoms with E-state index in [1.807, 2.05) is 0 Å². The Kier molecular flexibility index (Phi) is 2.75. The number of rotatable bonds is 1. The van der Waals surface area contributed by atoms with Crippen LogP contribution in [-0.4, -0.2) is 15.8 Å². The van der Waals surface area contributed by atoms with Gasteiger partial charge < -0.3 is 0 Å². The van der Waals surface area contributed by atoms with Crippen LogP contribution in [0.25, 0.3) is 0 Å². The van der Waals surface area contributed by atoms with Crippen LogP contribution in [0, 0.1) is 0 Å². The van der Waals surface area contributed by atoms with Crippen molar-refractivity contribution in [1.29, 1.82) is 0 Å². The van der Waals surface area contributed by atoms with Crippen molar-refractivity contribution in [2.45, 2.75) is 13.1 Å². The largest absolute Gasteiger partial charge is 0.451 e. The van der Waals surface area contributed by atoms with Gasteiger partial charge in [-0.2, -0.15) is 13.2 Å². The molecule has 0 aliphatic heterocycles. The molecule has 0 amide bonds. The first kappa shape index (κ1) is 10.9. The van der Waals surface area contributed by atoms with Crippen molar-refractivity contribution >= 4 is 17.4 Å². The third-order valence-corrected chi connectivity index (χ3v) is 1.66. The number of carbonyl (C=O) groups is 1. The molecule has 3 nitrogen and oxygen atoms in total. The van der Waals surface area contributed by atoms with Crippen molar-refractivity contribution in [1.82, 2.24) is 9.97 Å². The Morgan fingerprint density at radius 3 is 2.43 bits per heavy atom. The van der Waals surface area contributed by atoms with Gasteiger partial charge >= 0.3 is 6.18 Å². The normalized spacial score (nSPS) is 11.5. The van der Waals surface area contributed by atoms with Gasteiger partial charge in [0.1, 0.15) is 5.15 Å². The second-order valence-corrected chi connectivity index (χ2v) is 2.81. The van der Waals surface area contributed by atoms with Crippen LogP contribution < -0.4 is 0 Å². The maximum atomic E-state index is 12.0. The molecule has 1 heterocycles. The number of hydrogen-bond donors (Lipinski definition) is 0. The van der Waals surface area contributed by atoms with E-state index in [1.165, 1.54) is 0 Å². The monoisotopic (exact) mass is 224 g/mol. The van der Waals surface area contributed by atoms with Gasteiger partial charge in [0.25, 0.3) is 0 Å². The van der Waals surface area contributed by atoms with E-state index in [9.17, 15) is 18.0 Å². The van der Waals surface area contributed by atoms with Crippen LogP contribution in [-0.2, 0) is 6.18 Å². The Bertz CT molecular complexity index is 378. The second kappa shape index (κ2) is 3.53. The molecule has 0 atom stereocenters. The summed E-state index contributed by atoms with van der Waals surface area (Å²) < 4.78 is 36.1. The number of hydrogen-bond acceptors (Lipinski definition) is 3. The highest BCUT2D eigenvalue weighted by Gasteiger charge is 2.35. The number of Topliss-reactive ketones (excluding diaryl/α,β-unsaturated/α-hetero) is 1. The van der Waals surface area contributed by atoms with Gasteiger partial charge in [-0.25, -0.2) is 9.97 Å².